The Labute approximate surface area is 147 Å². The summed E-state index contributed by atoms with van der Waals surface area (Å²) in [6, 6.07) is 14.6. The number of aliphatic hydroxyl groups excluding tert-OH is 1. The second kappa shape index (κ2) is 6.89. The number of furan rings is 1. The summed E-state index contributed by atoms with van der Waals surface area (Å²) in [5.74, 6) is 0.855. The van der Waals surface area contributed by atoms with Crippen molar-refractivity contribution < 1.29 is 14.3 Å². The smallest absolute Gasteiger partial charge is 0.230 e. The van der Waals surface area contributed by atoms with Gasteiger partial charge in [-0.3, -0.25) is 4.79 Å². The molecular weight excluding hydrogens is 314 g/mol. The van der Waals surface area contributed by atoms with E-state index in [1.165, 1.54) is 5.39 Å². The van der Waals surface area contributed by atoms with Gasteiger partial charge in [-0.1, -0.05) is 30.3 Å². The standard InChI is InChI=1S/C21H23NO3/c23-12-4-3-11-22(16-8-9-16)21(24)14-17-13-19-18-6-2-1-5-15(18)7-10-20(19)25-17/h1-2,5-7,10,13,16,23H,3-4,8-9,11-12,14H2. The Hall–Kier alpha value is -2.33. The molecule has 2 aromatic carbocycles. The molecule has 1 amide bonds. The number of nitrogens with zero attached hydrogens (tertiary/aromatic N) is 1. The van der Waals surface area contributed by atoms with E-state index in [2.05, 4.69) is 18.2 Å². The van der Waals surface area contributed by atoms with Crippen LogP contribution in [0.15, 0.2) is 46.9 Å². The largest absolute Gasteiger partial charge is 0.461 e. The van der Waals surface area contributed by atoms with Gasteiger partial charge in [-0.25, -0.2) is 0 Å². The molecule has 1 aliphatic rings. The van der Waals surface area contributed by atoms with E-state index in [4.69, 9.17) is 9.52 Å². The monoisotopic (exact) mass is 337 g/mol. The lowest BCUT2D eigenvalue weighted by Gasteiger charge is -2.21. The van der Waals surface area contributed by atoms with Gasteiger partial charge in [0.05, 0.1) is 6.42 Å². The van der Waals surface area contributed by atoms with Crippen LogP contribution in [0.4, 0.5) is 0 Å². The highest BCUT2D eigenvalue weighted by atomic mass is 16.3. The minimum absolute atomic E-state index is 0.129. The molecule has 4 nitrogen and oxygen atoms in total. The molecule has 0 unspecified atom stereocenters. The quantitative estimate of drug-likeness (QED) is 0.666. The lowest BCUT2D eigenvalue weighted by molar-refractivity contribution is -0.131. The van der Waals surface area contributed by atoms with Crippen molar-refractivity contribution in [3.05, 3.63) is 48.2 Å². The third kappa shape index (κ3) is 3.40. The van der Waals surface area contributed by atoms with Crippen molar-refractivity contribution >= 4 is 27.6 Å². The van der Waals surface area contributed by atoms with Crippen LogP contribution in [0.25, 0.3) is 21.7 Å². The number of hydrogen-bond acceptors (Lipinski definition) is 3. The van der Waals surface area contributed by atoms with E-state index in [0.717, 1.165) is 54.3 Å². The van der Waals surface area contributed by atoms with Crippen molar-refractivity contribution in [3.8, 4) is 0 Å². The van der Waals surface area contributed by atoms with E-state index >= 15 is 0 Å². The first-order valence-electron chi connectivity index (χ1n) is 9.07. The molecule has 1 heterocycles. The van der Waals surface area contributed by atoms with Gasteiger partial charge in [-0.2, -0.15) is 0 Å². The lowest BCUT2D eigenvalue weighted by Crippen LogP contribution is -2.35. The molecule has 130 valence electrons. The fourth-order valence-corrected chi connectivity index (χ4v) is 3.47. The Balaban J connectivity index is 1.55. The van der Waals surface area contributed by atoms with Crippen molar-refractivity contribution in [2.45, 2.75) is 38.1 Å². The van der Waals surface area contributed by atoms with Crippen LogP contribution < -0.4 is 0 Å². The first-order chi connectivity index (χ1) is 12.3. The Morgan fingerprint density at radius 3 is 2.76 bits per heavy atom. The molecule has 4 rings (SSSR count). The minimum atomic E-state index is 0.129. The van der Waals surface area contributed by atoms with Crippen molar-refractivity contribution in [1.82, 2.24) is 4.90 Å². The van der Waals surface area contributed by atoms with E-state index in [1.807, 2.05) is 29.2 Å². The van der Waals surface area contributed by atoms with Gasteiger partial charge in [0.25, 0.3) is 0 Å². The molecule has 0 bridgehead atoms. The number of amides is 1. The molecule has 0 atom stereocenters. The zero-order chi connectivity index (χ0) is 17.2. The normalized spacial score (nSPS) is 14.3. The van der Waals surface area contributed by atoms with Crippen molar-refractivity contribution in [2.75, 3.05) is 13.2 Å². The fraction of sp³-hybridized carbons (Fsp3) is 0.381. The Bertz CT molecular complexity index is 894. The number of benzene rings is 2. The molecule has 0 saturated heterocycles. The van der Waals surface area contributed by atoms with E-state index in [9.17, 15) is 4.79 Å². The average Bonchev–Trinajstić information content (AvgIpc) is 3.37. The minimum Gasteiger partial charge on any atom is -0.461 e. The van der Waals surface area contributed by atoms with Crippen LogP contribution in [-0.4, -0.2) is 35.1 Å². The molecule has 1 N–H and O–H groups in total. The van der Waals surface area contributed by atoms with E-state index in [0.29, 0.717) is 12.5 Å². The molecule has 1 aliphatic carbocycles. The highest BCUT2D eigenvalue weighted by Crippen LogP contribution is 2.30. The van der Waals surface area contributed by atoms with Gasteiger partial charge < -0.3 is 14.4 Å². The summed E-state index contributed by atoms with van der Waals surface area (Å²) in [5.41, 5.74) is 0.833. The third-order valence-corrected chi connectivity index (χ3v) is 4.92. The van der Waals surface area contributed by atoms with Crippen LogP contribution in [-0.2, 0) is 11.2 Å². The number of hydrogen-bond donors (Lipinski definition) is 1. The summed E-state index contributed by atoms with van der Waals surface area (Å²) in [6.45, 7) is 0.913. The van der Waals surface area contributed by atoms with Gasteiger partial charge >= 0.3 is 0 Å². The number of carbonyl (C=O) groups is 1. The highest BCUT2D eigenvalue weighted by molar-refractivity contribution is 6.06. The molecular formula is C21H23NO3. The van der Waals surface area contributed by atoms with Crippen LogP contribution in [0.2, 0.25) is 0 Å². The van der Waals surface area contributed by atoms with Gasteiger partial charge in [0.1, 0.15) is 11.3 Å². The zero-order valence-corrected chi connectivity index (χ0v) is 14.3. The Kier molecular flexibility index (Phi) is 4.45. The molecule has 3 aromatic rings. The van der Waals surface area contributed by atoms with Crippen LogP contribution >= 0.6 is 0 Å². The molecule has 4 heteroatoms. The van der Waals surface area contributed by atoms with Gasteiger partial charge in [0.15, 0.2) is 0 Å². The fourth-order valence-electron chi connectivity index (χ4n) is 3.47. The average molecular weight is 337 g/mol. The molecule has 0 radical (unpaired) electrons. The van der Waals surface area contributed by atoms with Crippen molar-refractivity contribution in [2.24, 2.45) is 0 Å². The first kappa shape index (κ1) is 16.2. The van der Waals surface area contributed by atoms with Crippen LogP contribution in [0.1, 0.15) is 31.4 Å². The zero-order valence-electron chi connectivity index (χ0n) is 14.3. The predicted octanol–water partition coefficient (Wildman–Crippen LogP) is 3.89. The van der Waals surface area contributed by atoms with Gasteiger partial charge in [0, 0.05) is 24.6 Å². The Morgan fingerprint density at radius 1 is 1.12 bits per heavy atom. The van der Waals surface area contributed by atoms with Crippen molar-refractivity contribution in [1.29, 1.82) is 0 Å². The van der Waals surface area contributed by atoms with Crippen LogP contribution in [0.5, 0.6) is 0 Å². The summed E-state index contributed by atoms with van der Waals surface area (Å²) < 4.78 is 5.94. The predicted molar refractivity (Wildman–Crippen MR) is 98.5 cm³/mol. The number of carbonyl (C=O) groups excluding carboxylic acids is 1. The SMILES string of the molecule is O=C(Cc1cc2c(ccc3ccccc32)o1)N(CCCCO)C1CC1. The summed E-state index contributed by atoms with van der Waals surface area (Å²) in [6.07, 6.45) is 4.08. The molecule has 25 heavy (non-hydrogen) atoms. The van der Waals surface area contributed by atoms with Gasteiger partial charge in [0.2, 0.25) is 5.91 Å². The maximum atomic E-state index is 12.7. The third-order valence-electron chi connectivity index (χ3n) is 4.92. The van der Waals surface area contributed by atoms with Gasteiger partial charge in [-0.05, 0) is 48.6 Å². The second-order valence-electron chi connectivity index (χ2n) is 6.84. The highest BCUT2D eigenvalue weighted by Gasteiger charge is 2.32. The molecule has 1 fully saturated rings. The van der Waals surface area contributed by atoms with Crippen LogP contribution in [0, 0.1) is 0 Å². The lowest BCUT2D eigenvalue weighted by atomic mass is 10.1. The first-order valence-corrected chi connectivity index (χ1v) is 9.07. The van der Waals surface area contributed by atoms with E-state index in [-0.39, 0.29) is 12.5 Å². The maximum Gasteiger partial charge on any atom is 0.230 e. The number of rotatable bonds is 7. The Morgan fingerprint density at radius 2 is 1.96 bits per heavy atom. The van der Waals surface area contributed by atoms with E-state index < -0.39 is 0 Å². The molecule has 1 saturated carbocycles. The van der Waals surface area contributed by atoms with Gasteiger partial charge in [-0.15, -0.1) is 0 Å². The summed E-state index contributed by atoms with van der Waals surface area (Å²) in [7, 11) is 0. The molecule has 1 aromatic heterocycles. The summed E-state index contributed by atoms with van der Waals surface area (Å²) in [4.78, 5) is 14.7. The second-order valence-corrected chi connectivity index (χ2v) is 6.84. The molecule has 0 spiro atoms. The van der Waals surface area contributed by atoms with Crippen LogP contribution in [0.3, 0.4) is 0 Å². The van der Waals surface area contributed by atoms with Crippen molar-refractivity contribution in [3.63, 3.8) is 0 Å². The number of fused-ring (bicyclic) bond motifs is 3. The topological polar surface area (TPSA) is 53.7 Å². The maximum absolute atomic E-state index is 12.7. The van der Waals surface area contributed by atoms with E-state index in [1.54, 1.807) is 0 Å². The summed E-state index contributed by atoms with van der Waals surface area (Å²) >= 11 is 0. The summed E-state index contributed by atoms with van der Waals surface area (Å²) in [5, 5.41) is 12.4. The number of unbranched alkanes of at least 4 members (excludes halogenated alkanes) is 1. The number of aliphatic hydroxyl groups is 1. The molecule has 0 aliphatic heterocycles.